The number of carbonyl (C=O) groups is 7. The predicted octanol–water partition coefficient (Wildman–Crippen LogP) is -3.58. The molecule has 11 N–H and O–H groups in total. The number of carbonyl (C=O) groups excluding carboxylic acids is 4. The van der Waals surface area contributed by atoms with Crippen LogP contribution in [0.4, 0.5) is 0 Å². The van der Waals surface area contributed by atoms with Crippen molar-refractivity contribution in [3.05, 3.63) is 18.2 Å². The van der Waals surface area contributed by atoms with Gasteiger partial charge in [0.25, 0.3) is 0 Å². The van der Waals surface area contributed by atoms with E-state index in [1.807, 2.05) is 0 Å². The van der Waals surface area contributed by atoms with Crippen molar-refractivity contribution in [2.75, 3.05) is 0 Å². The molecule has 17 nitrogen and oxygen atoms in total. The van der Waals surface area contributed by atoms with Gasteiger partial charge >= 0.3 is 17.9 Å². The van der Waals surface area contributed by atoms with Gasteiger partial charge in [0, 0.05) is 31.2 Å². The molecule has 0 saturated heterocycles. The quantitative estimate of drug-likeness (QED) is 0.0950. The highest BCUT2D eigenvalue weighted by atomic mass is 16.4. The van der Waals surface area contributed by atoms with Crippen molar-refractivity contribution in [3.8, 4) is 0 Å². The first-order valence-corrected chi connectivity index (χ1v) is 10.9. The molecule has 0 aromatic carbocycles. The summed E-state index contributed by atoms with van der Waals surface area (Å²) in [6, 6.07) is -6.05. The Labute approximate surface area is 209 Å². The zero-order valence-corrected chi connectivity index (χ0v) is 19.5. The summed E-state index contributed by atoms with van der Waals surface area (Å²) >= 11 is 0. The van der Waals surface area contributed by atoms with Crippen LogP contribution in [0, 0.1) is 0 Å². The third kappa shape index (κ3) is 11.6. The summed E-state index contributed by atoms with van der Waals surface area (Å²) in [6.45, 7) is 0. The van der Waals surface area contributed by atoms with Crippen molar-refractivity contribution in [3.63, 3.8) is 0 Å². The smallest absolute Gasteiger partial charge is 0.326 e. The molecule has 0 saturated carbocycles. The van der Waals surface area contributed by atoms with Crippen LogP contribution < -0.4 is 27.4 Å². The molecule has 204 valence electrons. The van der Waals surface area contributed by atoms with Gasteiger partial charge in [-0.15, -0.1) is 0 Å². The third-order valence-electron chi connectivity index (χ3n) is 4.92. The van der Waals surface area contributed by atoms with E-state index >= 15 is 0 Å². The van der Waals surface area contributed by atoms with Gasteiger partial charge in [-0.1, -0.05) is 0 Å². The molecule has 1 aromatic rings. The topological polar surface area (TPSA) is 297 Å². The number of nitrogens with one attached hydrogen (secondary N) is 4. The van der Waals surface area contributed by atoms with Crippen LogP contribution in [0.5, 0.6) is 0 Å². The molecule has 0 radical (unpaired) electrons. The first kappa shape index (κ1) is 30.5. The van der Waals surface area contributed by atoms with Gasteiger partial charge in [0.15, 0.2) is 0 Å². The van der Waals surface area contributed by atoms with Gasteiger partial charge in [0.2, 0.25) is 23.6 Å². The number of H-pyrrole nitrogens is 1. The number of aromatic nitrogens is 2. The molecule has 0 bridgehead atoms. The minimum atomic E-state index is -1.76. The SMILES string of the molecule is NC(=O)CCC(NC(=O)C(CC(=O)O)NC(=O)C(Cc1cnc[nH]1)NC(=O)C(N)CCC(=O)O)C(=O)O. The van der Waals surface area contributed by atoms with E-state index in [2.05, 4.69) is 25.9 Å². The Morgan fingerprint density at radius 1 is 0.838 bits per heavy atom. The molecule has 0 aliphatic rings. The van der Waals surface area contributed by atoms with Crippen LogP contribution >= 0.6 is 0 Å². The average Bonchev–Trinajstić information content (AvgIpc) is 3.31. The number of carboxylic acid groups (broad SMARTS) is 3. The van der Waals surface area contributed by atoms with Crippen molar-refractivity contribution >= 4 is 41.5 Å². The van der Waals surface area contributed by atoms with Crippen LogP contribution in [0.15, 0.2) is 12.5 Å². The number of carboxylic acids is 3. The predicted molar refractivity (Wildman–Crippen MR) is 121 cm³/mol. The number of imidazole rings is 1. The summed E-state index contributed by atoms with van der Waals surface area (Å²) < 4.78 is 0. The monoisotopic (exact) mass is 527 g/mol. The molecule has 1 aromatic heterocycles. The second-order valence-electron chi connectivity index (χ2n) is 7.94. The zero-order chi connectivity index (χ0) is 28.1. The highest BCUT2D eigenvalue weighted by Crippen LogP contribution is 2.05. The largest absolute Gasteiger partial charge is 0.481 e. The van der Waals surface area contributed by atoms with Gasteiger partial charge in [-0.3, -0.25) is 28.8 Å². The van der Waals surface area contributed by atoms with Gasteiger partial charge < -0.3 is 47.7 Å². The van der Waals surface area contributed by atoms with Crippen molar-refractivity contribution < 1.29 is 48.9 Å². The molecule has 4 amide bonds. The number of aromatic amines is 1. The summed E-state index contributed by atoms with van der Waals surface area (Å²) in [6.07, 6.45) is 0.102. The van der Waals surface area contributed by atoms with Crippen molar-refractivity contribution in [1.29, 1.82) is 0 Å². The lowest BCUT2D eigenvalue weighted by molar-refractivity contribution is -0.144. The number of aliphatic carboxylic acids is 3. The maximum Gasteiger partial charge on any atom is 0.326 e. The molecule has 37 heavy (non-hydrogen) atoms. The van der Waals surface area contributed by atoms with Gasteiger partial charge in [0.1, 0.15) is 18.1 Å². The minimum Gasteiger partial charge on any atom is -0.481 e. The van der Waals surface area contributed by atoms with E-state index in [0.717, 1.165) is 0 Å². The van der Waals surface area contributed by atoms with E-state index in [1.165, 1.54) is 12.5 Å². The lowest BCUT2D eigenvalue weighted by Crippen LogP contribution is -2.58. The fourth-order valence-electron chi connectivity index (χ4n) is 2.99. The molecule has 4 unspecified atom stereocenters. The number of nitrogens with zero attached hydrogens (tertiary/aromatic N) is 1. The number of amides is 4. The Balaban J connectivity index is 3.04. The minimum absolute atomic E-state index is 0.193. The number of hydrogen-bond donors (Lipinski definition) is 9. The number of hydrogen-bond acceptors (Lipinski definition) is 9. The molecule has 0 fully saturated rings. The van der Waals surface area contributed by atoms with Crippen LogP contribution in [0.2, 0.25) is 0 Å². The highest BCUT2D eigenvalue weighted by Gasteiger charge is 2.32. The highest BCUT2D eigenvalue weighted by molar-refractivity contribution is 5.95. The van der Waals surface area contributed by atoms with Crippen molar-refractivity contribution in [2.45, 2.75) is 62.7 Å². The second-order valence-corrected chi connectivity index (χ2v) is 7.94. The lowest BCUT2D eigenvalue weighted by Gasteiger charge is -2.24. The molecule has 4 atom stereocenters. The van der Waals surface area contributed by atoms with Gasteiger partial charge in [-0.25, -0.2) is 9.78 Å². The van der Waals surface area contributed by atoms with Crippen LogP contribution in [0.3, 0.4) is 0 Å². The Morgan fingerprint density at radius 2 is 1.43 bits per heavy atom. The number of nitrogens with two attached hydrogens (primary N) is 2. The standard InChI is InChI=1S/C20H29N7O10/c21-10(1-4-15(29)30)17(33)26-12(5-9-7-23-8-24-9)18(34)27-13(6-16(31)32)19(35)25-11(20(36)37)2-3-14(22)28/h7-8,10-13H,1-6,21H2,(H2,22,28)(H,23,24)(H,25,35)(H,26,33)(H,27,34)(H,29,30)(H,31,32)(H,36,37). The summed E-state index contributed by atoms with van der Waals surface area (Å²) in [5.74, 6) is -8.10. The van der Waals surface area contributed by atoms with E-state index in [4.69, 9.17) is 16.6 Å². The fraction of sp³-hybridized carbons (Fsp3) is 0.500. The van der Waals surface area contributed by atoms with Crippen molar-refractivity contribution in [2.24, 2.45) is 11.5 Å². The van der Waals surface area contributed by atoms with E-state index in [1.54, 1.807) is 0 Å². The third-order valence-corrected chi connectivity index (χ3v) is 4.92. The van der Waals surface area contributed by atoms with Crippen LogP contribution in [0.1, 0.15) is 37.8 Å². The normalized spacial score (nSPS) is 13.9. The first-order valence-electron chi connectivity index (χ1n) is 10.9. The Kier molecular flexibility index (Phi) is 12.2. The molecular formula is C20H29N7O10. The Morgan fingerprint density at radius 3 is 1.95 bits per heavy atom. The molecule has 17 heteroatoms. The van der Waals surface area contributed by atoms with Crippen LogP contribution in [-0.2, 0) is 40.0 Å². The fourth-order valence-corrected chi connectivity index (χ4v) is 2.99. The maximum absolute atomic E-state index is 13.0. The summed E-state index contributed by atoms with van der Waals surface area (Å²) in [5, 5.41) is 33.7. The van der Waals surface area contributed by atoms with E-state index in [0.29, 0.717) is 5.69 Å². The maximum atomic E-state index is 13.0. The van der Waals surface area contributed by atoms with E-state index < -0.39 is 78.5 Å². The zero-order valence-electron chi connectivity index (χ0n) is 19.5. The van der Waals surface area contributed by atoms with E-state index in [-0.39, 0.29) is 25.7 Å². The molecule has 0 aliphatic carbocycles. The van der Waals surface area contributed by atoms with Gasteiger partial charge in [0.05, 0.1) is 18.8 Å². The number of rotatable bonds is 17. The molecule has 1 rings (SSSR count). The van der Waals surface area contributed by atoms with Crippen molar-refractivity contribution in [1.82, 2.24) is 25.9 Å². The molecule has 0 aliphatic heterocycles. The second kappa shape index (κ2) is 14.8. The van der Waals surface area contributed by atoms with Gasteiger partial charge in [-0.2, -0.15) is 0 Å². The average molecular weight is 527 g/mol. The Bertz CT molecular complexity index is 998. The first-order chi connectivity index (χ1) is 17.3. The van der Waals surface area contributed by atoms with Crippen LogP contribution in [0.25, 0.3) is 0 Å². The van der Waals surface area contributed by atoms with E-state index in [9.17, 15) is 43.8 Å². The van der Waals surface area contributed by atoms with Gasteiger partial charge in [-0.05, 0) is 12.8 Å². The van der Waals surface area contributed by atoms with Crippen LogP contribution in [-0.4, -0.2) is 91.0 Å². The summed E-state index contributed by atoms with van der Waals surface area (Å²) in [4.78, 5) is 88.9. The lowest BCUT2D eigenvalue weighted by atomic mass is 10.1. The molecular weight excluding hydrogens is 498 g/mol. The number of primary amides is 1. The summed E-state index contributed by atoms with van der Waals surface area (Å²) in [5.41, 5.74) is 11.0. The molecule has 0 spiro atoms. The molecule has 1 heterocycles. The summed E-state index contributed by atoms with van der Waals surface area (Å²) in [7, 11) is 0. The Hall–Kier alpha value is -4.54.